The van der Waals surface area contributed by atoms with Crippen molar-refractivity contribution >= 4 is 5.97 Å². The molecule has 112 valence electrons. The first-order valence-corrected chi connectivity index (χ1v) is 7.26. The molecule has 1 N–H and O–H groups in total. The van der Waals surface area contributed by atoms with Gasteiger partial charge in [0.05, 0.1) is 0 Å². The number of rotatable bonds is 6. The first-order valence-electron chi connectivity index (χ1n) is 7.26. The van der Waals surface area contributed by atoms with Gasteiger partial charge in [0.1, 0.15) is 5.69 Å². The van der Waals surface area contributed by atoms with E-state index in [1.54, 1.807) is 13.2 Å². The zero-order valence-corrected chi connectivity index (χ0v) is 12.3. The second-order valence-electron chi connectivity index (χ2n) is 5.50. The maximum atomic E-state index is 11.2. The molecule has 1 aromatic rings. The van der Waals surface area contributed by atoms with Crippen molar-refractivity contribution in [1.29, 1.82) is 0 Å². The van der Waals surface area contributed by atoms with E-state index >= 15 is 0 Å². The van der Waals surface area contributed by atoms with Crippen molar-refractivity contribution in [2.75, 3.05) is 26.8 Å². The van der Waals surface area contributed by atoms with Gasteiger partial charge in [-0.3, -0.25) is 0 Å². The summed E-state index contributed by atoms with van der Waals surface area (Å²) in [6, 6.07) is 4.33. The Morgan fingerprint density at radius 2 is 2.20 bits per heavy atom. The zero-order valence-electron chi connectivity index (χ0n) is 12.3. The predicted octanol–water partition coefficient (Wildman–Crippen LogP) is 2.25. The first-order chi connectivity index (χ1) is 9.63. The van der Waals surface area contributed by atoms with Gasteiger partial charge < -0.3 is 19.3 Å². The fourth-order valence-electron chi connectivity index (χ4n) is 2.97. The molecule has 5 heteroatoms. The standard InChI is InChI=1S/C15H24N2O3/c1-12(7-11-20-2)16-9-5-13(6-10-16)17-8-3-4-14(17)15(18)19/h3-4,8,12-13H,5-7,9-11H2,1-2H3,(H,18,19). The number of hydrogen-bond acceptors (Lipinski definition) is 3. The second-order valence-corrected chi connectivity index (χ2v) is 5.50. The van der Waals surface area contributed by atoms with Crippen molar-refractivity contribution < 1.29 is 14.6 Å². The van der Waals surface area contributed by atoms with Crippen LogP contribution in [0.1, 0.15) is 42.7 Å². The number of likely N-dealkylation sites (tertiary alicyclic amines) is 1. The molecule has 0 aromatic carbocycles. The van der Waals surface area contributed by atoms with Crippen LogP contribution >= 0.6 is 0 Å². The Morgan fingerprint density at radius 3 is 2.80 bits per heavy atom. The van der Waals surface area contributed by atoms with E-state index in [9.17, 15) is 9.90 Å². The minimum Gasteiger partial charge on any atom is -0.477 e. The Kier molecular flexibility index (Phi) is 5.20. The normalized spacial score (nSPS) is 19.1. The monoisotopic (exact) mass is 280 g/mol. The fourth-order valence-corrected chi connectivity index (χ4v) is 2.97. The van der Waals surface area contributed by atoms with Crippen LogP contribution in [0.4, 0.5) is 0 Å². The molecule has 1 aromatic heterocycles. The minimum atomic E-state index is -0.842. The molecule has 2 heterocycles. The number of ether oxygens (including phenoxy) is 1. The number of carbonyl (C=O) groups is 1. The number of piperidine rings is 1. The molecule has 0 saturated carbocycles. The van der Waals surface area contributed by atoms with Gasteiger partial charge >= 0.3 is 5.97 Å². The van der Waals surface area contributed by atoms with Crippen LogP contribution in [0.5, 0.6) is 0 Å². The van der Waals surface area contributed by atoms with Crippen LogP contribution in [0.25, 0.3) is 0 Å². The molecule has 5 nitrogen and oxygen atoms in total. The molecule has 0 spiro atoms. The van der Waals surface area contributed by atoms with Crippen LogP contribution in [0.15, 0.2) is 18.3 Å². The van der Waals surface area contributed by atoms with Gasteiger partial charge in [0, 0.05) is 45.1 Å². The van der Waals surface area contributed by atoms with Crippen LogP contribution in [-0.4, -0.2) is 53.4 Å². The Labute approximate surface area is 120 Å². The molecule has 1 aliphatic rings. The number of aromatic nitrogens is 1. The summed E-state index contributed by atoms with van der Waals surface area (Å²) in [6.07, 6.45) is 4.95. The van der Waals surface area contributed by atoms with Crippen molar-refractivity contribution in [3.63, 3.8) is 0 Å². The van der Waals surface area contributed by atoms with Crippen molar-refractivity contribution in [1.82, 2.24) is 9.47 Å². The van der Waals surface area contributed by atoms with Crippen molar-refractivity contribution in [3.05, 3.63) is 24.0 Å². The first kappa shape index (κ1) is 15.1. The van der Waals surface area contributed by atoms with Gasteiger partial charge in [-0.2, -0.15) is 0 Å². The number of carboxylic acid groups (broad SMARTS) is 1. The zero-order chi connectivity index (χ0) is 14.5. The highest BCUT2D eigenvalue weighted by Gasteiger charge is 2.25. The van der Waals surface area contributed by atoms with E-state index in [2.05, 4.69) is 11.8 Å². The molecular formula is C15H24N2O3. The lowest BCUT2D eigenvalue weighted by Gasteiger charge is -2.36. The Hall–Kier alpha value is -1.33. The average Bonchev–Trinajstić information content (AvgIpc) is 2.94. The molecule has 1 fully saturated rings. The van der Waals surface area contributed by atoms with Gasteiger partial charge in [0.2, 0.25) is 0 Å². The van der Waals surface area contributed by atoms with Gasteiger partial charge in [0.15, 0.2) is 0 Å². The van der Waals surface area contributed by atoms with E-state index in [0.29, 0.717) is 17.8 Å². The molecule has 0 amide bonds. The lowest BCUT2D eigenvalue weighted by Crippen LogP contribution is -2.41. The maximum Gasteiger partial charge on any atom is 0.352 e. The molecule has 1 unspecified atom stereocenters. The maximum absolute atomic E-state index is 11.2. The van der Waals surface area contributed by atoms with E-state index in [0.717, 1.165) is 39.0 Å². The Bertz CT molecular complexity index is 436. The summed E-state index contributed by atoms with van der Waals surface area (Å²) in [4.78, 5) is 13.6. The third-order valence-corrected chi connectivity index (χ3v) is 4.25. The third-order valence-electron chi connectivity index (χ3n) is 4.25. The highest BCUT2D eigenvalue weighted by molar-refractivity contribution is 5.85. The molecule has 1 saturated heterocycles. The Morgan fingerprint density at radius 1 is 1.50 bits per heavy atom. The van der Waals surface area contributed by atoms with Gasteiger partial charge in [-0.05, 0) is 38.3 Å². The summed E-state index contributed by atoms with van der Waals surface area (Å²) < 4.78 is 7.05. The van der Waals surface area contributed by atoms with Crippen LogP contribution in [-0.2, 0) is 4.74 Å². The van der Waals surface area contributed by atoms with E-state index in [4.69, 9.17) is 4.74 Å². The smallest absolute Gasteiger partial charge is 0.352 e. The second kappa shape index (κ2) is 6.90. The van der Waals surface area contributed by atoms with Gasteiger partial charge in [-0.25, -0.2) is 4.79 Å². The van der Waals surface area contributed by atoms with Crippen molar-refractivity contribution in [2.45, 2.75) is 38.3 Å². The van der Waals surface area contributed by atoms with Gasteiger partial charge in [0.25, 0.3) is 0 Å². The number of hydrogen-bond donors (Lipinski definition) is 1. The Balaban J connectivity index is 1.91. The van der Waals surface area contributed by atoms with Crippen LogP contribution in [0.2, 0.25) is 0 Å². The summed E-state index contributed by atoms with van der Waals surface area (Å²) in [5.74, 6) is -0.842. The van der Waals surface area contributed by atoms with E-state index < -0.39 is 5.97 Å². The topological polar surface area (TPSA) is 54.7 Å². The molecular weight excluding hydrogens is 256 g/mol. The average molecular weight is 280 g/mol. The van der Waals surface area contributed by atoms with E-state index in [-0.39, 0.29) is 0 Å². The van der Waals surface area contributed by atoms with Crippen LogP contribution < -0.4 is 0 Å². The lowest BCUT2D eigenvalue weighted by molar-refractivity contribution is 0.0673. The fraction of sp³-hybridized carbons (Fsp3) is 0.667. The molecule has 20 heavy (non-hydrogen) atoms. The summed E-state index contributed by atoms with van der Waals surface area (Å²) in [5.41, 5.74) is 0.399. The van der Waals surface area contributed by atoms with Crippen LogP contribution in [0, 0.1) is 0 Å². The number of aromatic carboxylic acids is 1. The number of methoxy groups -OCH3 is 1. The van der Waals surface area contributed by atoms with Crippen LogP contribution in [0.3, 0.4) is 0 Å². The molecule has 1 aliphatic heterocycles. The minimum absolute atomic E-state index is 0.307. The quantitative estimate of drug-likeness (QED) is 0.868. The van der Waals surface area contributed by atoms with Gasteiger partial charge in [-0.1, -0.05) is 0 Å². The van der Waals surface area contributed by atoms with Crippen molar-refractivity contribution in [3.8, 4) is 0 Å². The predicted molar refractivity (Wildman–Crippen MR) is 77.2 cm³/mol. The van der Waals surface area contributed by atoms with E-state index in [1.807, 2.05) is 16.8 Å². The SMILES string of the molecule is COCCC(C)N1CCC(n2cccc2C(=O)O)CC1. The lowest BCUT2D eigenvalue weighted by atomic mass is 10.0. The highest BCUT2D eigenvalue weighted by atomic mass is 16.5. The number of nitrogens with zero attached hydrogens (tertiary/aromatic N) is 2. The molecule has 2 rings (SSSR count). The number of carboxylic acids is 1. The highest BCUT2D eigenvalue weighted by Crippen LogP contribution is 2.26. The molecule has 0 aliphatic carbocycles. The van der Waals surface area contributed by atoms with E-state index in [1.165, 1.54) is 0 Å². The molecule has 1 atom stereocenters. The summed E-state index contributed by atoms with van der Waals surface area (Å²) in [7, 11) is 1.73. The third kappa shape index (κ3) is 3.41. The van der Waals surface area contributed by atoms with Gasteiger partial charge in [-0.15, -0.1) is 0 Å². The molecule has 0 bridgehead atoms. The summed E-state index contributed by atoms with van der Waals surface area (Å²) in [5, 5.41) is 9.18. The molecule has 0 radical (unpaired) electrons. The summed E-state index contributed by atoms with van der Waals surface area (Å²) >= 11 is 0. The van der Waals surface area contributed by atoms with Crippen molar-refractivity contribution in [2.24, 2.45) is 0 Å². The largest absolute Gasteiger partial charge is 0.477 e. The summed E-state index contributed by atoms with van der Waals surface area (Å²) in [6.45, 7) is 5.07.